The molecule has 0 radical (unpaired) electrons. The van der Waals surface area contributed by atoms with E-state index in [1.54, 1.807) is 0 Å². The number of benzene rings is 2. The number of carbonyl (C=O) groups excluding carboxylic acids is 1. The number of hydrogen-bond acceptors (Lipinski definition) is 4. The second kappa shape index (κ2) is 11.5. The zero-order valence-electron chi connectivity index (χ0n) is 22.5. The van der Waals surface area contributed by atoms with Gasteiger partial charge in [-0.3, -0.25) is 14.6 Å². The van der Waals surface area contributed by atoms with Crippen molar-refractivity contribution in [2.75, 3.05) is 26.7 Å². The van der Waals surface area contributed by atoms with Gasteiger partial charge >= 0.3 is 5.97 Å². The van der Waals surface area contributed by atoms with Crippen LogP contribution < -0.4 is 0 Å². The molecule has 0 saturated carbocycles. The molecule has 4 heterocycles. The highest BCUT2D eigenvalue weighted by molar-refractivity contribution is 9.10. The van der Waals surface area contributed by atoms with E-state index in [1.165, 1.54) is 74.5 Å². The van der Waals surface area contributed by atoms with Crippen LogP contribution in [0.2, 0.25) is 0 Å². The van der Waals surface area contributed by atoms with E-state index in [0.717, 1.165) is 42.4 Å². The van der Waals surface area contributed by atoms with Crippen LogP contribution in [0.4, 0.5) is 0 Å². The monoisotopic (exact) mass is 577 g/mol. The molecular formula is C32H40BrN3O2. The van der Waals surface area contributed by atoms with Gasteiger partial charge in [0.25, 0.3) is 0 Å². The van der Waals surface area contributed by atoms with Gasteiger partial charge in [0.05, 0.1) is 7.11 Å². The smallest absolute Gasteiger partial charge is 0.305 e. The number of fused-ring (bicyclic) bond motifs is 1. The Morgan fingerprint density at radius 1 is 1.03 bits per heavy atom. The third-order valence-corrected chi connectivity index (χ3v) is 9.93. The Hall–Kier alpha value is -2.15. The Morgan fingerprint density at radius 3 is 2.63 bits per heavy atom. The zero-order chi connectivity index (χ0) is 26.1. The molecule has 2 aromatic carbocycles. The molecule has 6 heteroatoms. The molecule has 202 valence electrons. The minimum absolute atomic E-state index is 0.0795. The molecule has 0 amide bonds. The van der Waals surface area contributed by atoms with Gasteiger partial charge in [-0.05, 0) is 92.8 Å². The Bertz CT molecular complexity index is 1250. The first kappa shape index (κ1) is 26.1. The molecule has 3 fully saturated rings. The van der Waals surface area contributed by atoms with Gasteiger partial charge in [0.1, 0.15) is 0 Å². The van der Waals surface area contributed by atoms with Crippen LogP contribution in [0.25, 0.3) is 10.9 Å². The molecular weight excluding hydrogens is 538 g/mol. The van der Waals surface area contributed by atoms with Crippen LogP contribution in [0.3, 0.4) is 0 Å². The number of nitrogens with zero attached hydrogens (tertiary/aromatic N) is 3. The van der Waals surface area contributed by atoms with Crippen molar-refractivity contribution in [1.29, 1.82) is 0 Å². The Morgan fingerprint density at radius 2 is 1.82 bits per heavy atom. The predicted octanol–water partition coefficient (Wildman–Crippen LogP) is 6.47. The third-order valence-electron chi connectivity index (χ3n) is 9.40. The molecule has 3 aliphatic rings. The van der Waals surface area contributed by atoms with Crippen LogP contribution in [-0.2, 0) is 22.6 Å². The number of hydrogen-bond donors (Lipinski definition) is 0. The van der Waals surface area contributed by atoms with Crippen LogP contribution in [0, 0.1) is 11.8 Å². The average Bonchev–Trinajstić information content (AvgIpc) is 3.28. The van der Waals surface area contributed by atoms with Gasteiger partial charge in [-0.2, -0.15) is 0 Å². The third kappa shape index (κ3) is 5.32. The van der Waals surface area contributed by atoms with Gasteiger partial charge < -0.3 is 9.30 Å². The topological polar surface area (TPSA) is 37.7 Å². The van der Waals surface area contributed by atoms with E-state index in [-0.39, 0.29) is 5.97 Å². The van der Waals surface area contributed by atoms with Crippen LogP contribution in [-0.4, -0.2) is 59.2 Å². The molecule has 0 unspecified atom stereocenters. The highest BCUT2D eigenvalue weighted by Crippen LogP contribution is 2.44. The fourth-order valence-electron chi connectivity index (χ4n) is 7.80. The molecule has 0 spiro atoms. The van der Waals surface area contributed by atoms with E-state index in [2.05, 4.69) is 85.0 Å². The van der Waals surface area contributed by atoms with Crippen molar-refractivity contribution in [1.82, 2.24) is 14.4 Å². The number of aromatic nitrogens is 1. The van der Waals surface area contributed by atoms with Crippen molar-refractivity contribution in [2.45, 2.75) is 70.1 Å². The Kier molecular flexibility index (Phi) is 7.92. The molecule has 0 bridgehead atoms. The lowest BCUT2D eigenvalue weighted by Crippen LogP contribution is -2.64. The SMILES string of the molecule is COC(=O)CCC[C@@H]1[C@H]2CCCN3CCC[C@H](CN1Cc1cn(Cc4ccc(Br)cc4)c4ccccc14)[C@@H]23. The molecule has 5 nitrogen and oxygen atoms in total. The summed E-state index contributed by atoms with van der Waals surface area (Å²) in [6.45, 7) is 5.58. The van der Waals surface area contributed by atoms with E-state index in [0.29, 0.717) is 18.4 Å². The lowest BCUT2D eigenvalue weighted by molar-refractivity contribution is -0.141. The lowest BCUT2D eigenvalue weighted by Gasteiger charge is -2.57. The number of para-hydroxylation sites is 1. The minimum atomic E-state index is -0.0795. The van der Waals surface area contributed by atoms with Crippen molar-refractivity contribution in [3.63, 3.8) is 0 Å². The first-order valence-electron chi connectivity index (χ1n) is 14.5. The summed E-state index contributed by atoms with van der Waals surface area (Å²) in [5, 5.41) is 1.37. The van der Waals surface area contributed by atoms with E-state index >= 15 is 0 Å². The lowest BCUT2D eigenvalue weighted by atomic mass is 9.69. The normalized spacial score (nSPS) is 25.8. The zero-order valence-corrected chi connectivity index (χ0v) is 24.1. The predicted molar refractivity (Wildman–Crippen MR) is 156 cm³/mol. The number of halogens is 1. The summed E-state index contributed by atoms with van der Waals surface area (Å²) < 4.78 is 8.51. The number of ether oxygens (including phenoxy) is 1. The fourth-order valence-corrected chi connectivity index (χ4v) is 8.07. The largest absolute Gasteiger partial charge is 0.469 e. The summed E-state index contributed by atoms with van der Waals surface area (Å²) in [5.74, 6) is 1.39. The molecule has 6 rings (SSSR count). The van der Waals surface area contributed by atoms with Crippen LogP contribution in [0.1, 0.15) is 56.1 Å². The van der Waals surface area contributed by atoms with Gasteiger partial charge in [-0.25, -0.2) is 0 Å². The first-order valence-corrected chi connectivity index (χ1v) is 15.3. The van der Waals surface area contributed by atoms with Gasteiger partial charge in [-0.1, -0.05) is 46.3 Å². The summed E-state index contributed by atoms with van der Waals surface area (Å²) in [6, 6.07) is 18.8. The molecule has 4 atom stereocenters. The first-order chi connectivity index (χ1) is 18.6. The summed E-state index contributed by atoms with van der Waals surface area (Å²) in [5.41, 5.74) is 4.05. The van der Waals surface area contributed by atoms with Gasteiger partial charge in [0, 0.05) is 59.7 Å². The summed E-state index contributed by atoms with van der Waals surface area (Å²) in [4.78, 5) is 17.6. The fraction of sp³-hybridized carbons (Fsp3) is 0.531. The quantitative estimate of drug-likeness (QED) is 0.287. The Labute approximate surface area is 235 Å². The molecule has 3 aliphatic heterocycles. The van der Waals surface area contributed by atoms with E-state index in [1.807, 2.05) is 0 Å². The van der Waals surface area contributed by atoms with E-state index in [4.69, 9.17) is 4.74 Å². The molecule has 1 aromatic heterocycles. The highest BCUT2D eigenvalue weighted by atomic mass is 79.9. The number of methoxy groups -OCH3 is 1. The van der Waals surface area contributed by atoms with Gasteiger partial charge in [0.15, 0.2) is 0 Å². The summed E-state index contributed by atoms with van der Waals surface area (Å²) >= 11 is 3.57. The standard InChI is InChI=1S/C32H40BrN3O2/c1-38-31(37)12-4-11-30-28-9-6-18-34-17-5-7-24(32(28)34)20-36(30)22-25-21-35(29-10-3-2-8-27(25)29)19-23-13-15-26(33)16-14-23/h2-3,8,10,13-16,21,24,28,30,32H,4-7,9,11-12,17-20,22H2,1H3/t24-,28-,30-,32+/m1/s1. The molecule has 3 saturated heterocycles. The maximum Gasteiger partial charge on any atom is 0.305 e. The minimum Gasteiger partial charge on any atom is -0.469 e. The van der Waals surface area contributed by atoms with Gasteiger partial charge in [0.2, 0.25) is 0 Å². The summed E-state index contributed by atoms with van der Waals surface area (Å²) in [7, 11) is 1.50. The second-order valence-corrected chi connectivity index (χ2v) is 12.5. The maximum atomic E-state index is 11.9. The number of likely N-dealkylation sites (tertiary alicyclic amines) is 1. The molecule has 38 heavy (non-hydrogen) atoms. The van der Waals surface area contributed by atoms with Crippen LogP contribution in [0.15, 0.2) is 59.2 Å². The second-order valence-electron chi connectivity index (χ2n) is 11.6. The average molecular weight is 579 g/mol. The van der Waals surface area contributed by atoms with Crippen molar-refractivity contribution < 1.29 is 9.53 Å². The molecule has 0 aliphatic carbocycles. The van der Waals surface area contributed by atoms with Gasteiger partial charge in [-0.15, -0.1) is 0 Å². The van der Waals surface area contributed by atoms with E-state index < -0.39 is 0 Å². The Balaban J connectivity index is 1.29. The van der Waals surface area contributed by atoms with Crippen molar-refractivity contribution in [2.24, 2.45) is 11.8 Å². The summed E-state index contributed by atoms with van der Waals surface area (Å²) in [6.07, 6.45) is 10.2. The van der Waals surface area contributed by atoms with Crippen LogP contribution in [0.5, 0.6) is 0 Å². The van der Waals surface area contributed by atoms with E-state index in [9.17, 15) is 4.79 Å². The molecule has 3 aromatic rings. The number of carbonyl (C=O) groups is 1. The van der Waals surface area contributed by atoms with Crippen molar-refractivity contribution >= 4 is 32.8 Å². The highest BCUT2D eigenvalue weighted by Gasteiger charge is 2.48. The van der Waals surface area contributed by atoms with Crippen molar-refractivity contribution in [3.05, 3.63) is 70.3 Å². The number of rotatable bonds is 8. The van der Waals surface area contributed by atoms with Crippen LogP contribution >= 0.6 is 15.9 Å². The molecule has 0 N–H and O–H groups in total. The number of esters is 1. The van der Waals surface area contributed by atoms with Crippen molar-refractivity contribution in [3.8, 4) is 0 Å². The maximum absolute atomic E-state index is 11.9. The number of piperidine rings is 3.